The molecule has 2 N–H and O–H groups in total. The van der Waals surface area contributed by atoms with E-state index in [0.29, 0.717) is 28.4 Å². The molecule has 8 nitrogen and oxygen atoms in total. The molecule has 0 bridgehead atoms. The summed E-state index contributed by atoms with van der Waals surface area (Å²) in [7, 11) is 0. The number of nitrogens with one attached hydrogen (secondary N) is 2. The molecule has 9 heteroatoms. The van der Waals surface area contributed by atoms with Gasteiger partial charge in [0.25, 0.3) is 5.56 Å². The molecule has 28 heavy (non-hydrogen) atoms. The third kappa shape index (κ3) is 4.42. The zero-order valence-electron chi connectivity index (χ0n) is 15.5. The number of rotatable bonds is 6. The van der Waals surface area contributed by atoms with Crippen LogP contribution in [0, 0.1) is 0 Å². The van der Waals surface area contributed by atoms with Crippen LogP contribution in [0.3, 0.4) is 0 Å². The predicted octanol–water partition coefficient (Wildman–Crippen LogP) is 2.36. The minimum absolute atomic E-state index is 0.191. The smallest absolute Gasteiger partial charge is 0.321 e. The normalized spacial score (nSPS) is 11.9. The standard InChI is InChI=1S/C19H20N4O4S/c1-3-20-18(26)22-16(24)12(2)28-19-21-15-9-5-4-8-14(15)17(25)23(19)11-13-7-6-10-27-13/h4-10,12H,3,11H2,1-2H3,(H2,20,22,24,26). The van der Waals surface area contributed by atoms with Crippen molar-refractivity contribution < 1.29 is 14.0 Å². The summed E-state index contributed by atoms with van der Waals surface area (Å²) in [6.07, 6.45) is 1.53. The van der Waals surface area contributed by atoms with Crippen molar-refractivity contribution in [2.24, 2.45) is 0 Å². The number of hydrogen-bond donors (Lipinski definition) is 2. The summed E-state index contributed by atoms with van der Waals surface area (Å²) in [6, 6.07) is 9.98. The first-order valence-corrected chi connectivity index (χ1v) is 9.65. The number of thioether (sulfide) groups is 1. The number of fused-ring (bicyclic) bond motifs is 1. The summed E-state index contributed by atoms with van der Waals surface area (Å²) in [5, 5.41) is 5.00. The lowest BCUT2D eigenvalue weighted by Crippen LogP contribution is -2.42. The minimum Gasteiger partial charge on any atom is -0.467 e. The lowest BCUT2D eigenvalue weighted by molar-refractivity contribution is -0.119. The lowest BCUT2D eigenvalue weighted by atomic mass is 10.2. The molecular weight excluding hydrogens is 380 g/mol. The maximum Gasteiger partial charge on any atom is 0.321 e. The number of imide groups is 1. The molecule has 0 spiro atoms. The number of amides is 3. The Balaban J connectivity index is 1.93. The van der Waals surface area contributed by atoms with E-state index in [9.17, 15) is 14.4 Å². The van der Waals surface area contributed by atoms with Crippen LogP contribution in [-0.4, -0.2) is 33.3 Å². The fourth-order valence-electron chi connectivity index (χ4n) is 2.57. The highest BCUT2D eigenvalue weighted by Gasteiger charge is 2.21. The van der Waals surface area contributed by atoms with Gasteiger partial charge in [-0.05, 0) is 38.1 Å². The van der Waals surface area contributed by atoms with Crippen LogP contribution in [0.1, 0.15) is 19.6 Å². The van der Waals surface area contributed by atoms with Crippen molar-refractivity contribution in [2.45, 2.75) is 30.8 Å². The van der Waals surface area contributed by atoms with E-state index >= 15 is 0 Å². The molecule has 3 amide bonds. The molecule has 0 aliphatic heterocycles. The SMILES string of the molecule is CCNC(=O)NC(=O)C(C)Sc1nc2ccccc2c(=O)n1Cc1ccco1. The fraction of sp³-hybridized carbons (Fsp3) is 0.263. The van der Waals surface area contributed by atoms with Gasteiger partial charge in [0.15, 0.2) is 5.16 Å². The fourth-order valence-corrected chi connectivity index (χ4v) is 3.47. The number of urea groups is 1. The molecule has 3 rings (SSSR count). The van der Waals surface area contributed by atoms with Crippen LogP contribution in [-0.2, 0) is 11.3 Å². The zero-order valence-corrected chi connectivity index (χ0v) is 16.3. The second-order valence-electron chi connectivity index (χ2n) is 5.99. The van der Waals surface area contributed by atoms with Crippen LogP contribution in [0.15, 0.2) is 57.0 Å². The molecule has 2 heterocycles. The molecule has 2 aromatic heterocycles. The second-order valence-corrected chi connectivity index (χ2v) is 7.30. The van der Waals surface area contributed by atoms with E-state index in [2.05, 4.69) is 15.6 Å². The molecule has 3 aromatic rings. The van der Waals surface area contributed by atoms with Gasteiger partial charge in [0, 0.05) is 6.54 Å². The van der Waals surface area contributed by atoms with E-state index in [1.54, 1.807) is 50.2 Å². The number of furan rings is 1. The maximum absolute atomic E-state index is 13.0. The Morgan fingerprint density at radius 1 is 1.25 bits per heavy atom. The van der Waals surface area contributed by atoms with Gasteiger partial charge in [-0.1, -0.05) is 23.9 Å². The monoisotopic (exact) mass is 400 g/mol. The van der Waals surface area contributed by atoms with Crippen molar-refractivity contribution in [3.8, 4) is 0 Å². The van der Waals surface area contributed by atoms with Gasteiger partial charge in [-0.3, -0.25) is 19.5 Å². The Labute approximate surface area is 165 Å². The van der Waals surface area contributed by atoms with Crippen molar-refractivity contribution >= 4 is 34.6 Å². The van der Waals surface area contributed by atoms with E-state index in [1.165, 1.54) is 10.8 Å². The van der Waals surface area contributed by atoms with Crippen LogP contribution in [0.4, 0.5) is 4.79 Å². The highest BCUT2D eigenvalue weighted by molar-refractivity contribution is 8.00. The van der Waals surface area contributed by atoms with Crippen molar-refractivity contribution in [2.75, 3.05) is 6.54 Å². The van der Waals surface area contributed by atoms with E-state index in [-0.39, 0.29) is 12.1 Å². The van der Waals surface area contributed by atoms with Gasteiger partial charge in [0.1, 0.15) is 5.76 Å². The Morgan fingerprint density at radius 2 is 2.04 bits per heavy atom. The van der Waals surface area contributed by atoms with Gasteiger partial charge in [-0.25, -0.2) is 9.78 Å². The number of carbonyl (C=O) groups is 2. The molecule has 0 saturated heterocycles. The first-order valence-electron chi connectivity index (χ1n) is 8.77. The van der Waals surface area contributed by atoms with Crippen molar-refractivity contribution in [3.05, 3.63) is 58.8 Å². The maximum atomic E-state index is 13.0. The highest BCUT2D eigenvalue weighted by Crippen LogP contribution is 2.23. The minimum atomic E-state index is -0.640. The first-order chi connectivity index (χ1) is 13.5. The van der Waals surface area contributed by atoms with Crippen molar-refractivity contribution in [1.82, 2.24) is 20.2 Å². The van der Waals surface area contributed by atoms with Gasteiger partial charge in [0.2, 0.25) is 5.91 Å². The topological polar surface area (TPSA) is 106 Å². The van der Waals surface area contributed by atoms with Crippen molar-refractivity contribution in [1.29, 1.82) is 0 Å². The summed E-state index contributed by atoms with van der Waals surface area (Å²) in [5.74, 6) is 0.128. The van der Waals surface area contributed by atoms with E-state index in [4.69, 9.17) is 4.42 Å². The molecule has 0 fully saturated rings. The Bertz CT molecular complexity index is 1050. The van der Waals surface area contributed by atoms with Gasteiger partial charge in [-0.15, -0.1) is 0 Å². The van der Waals surface area contributed by atoms with Crippen LogP contribution in [0.5, 0.6) is 0 Å². The molecule has 1 aromatic carbocycles. The highest BCUT2D eigenvalue weighted by atomic mass is 32.2. The van der Waals surface area contributed by atoms with Crippen LogP contribution in [0.25, 0.3) is 10.9 Å². The summed E-state index contributed by atoms with van der Waals surface area (Å²) < 4.78 is 6.84. The van der Waals surface area contributed by atoms with Crippen molar-refractivity contribution in [3.63, 3.8) is 0 Å². The van der Waals surface area contributed by atoms with E-state index in [0.717, 1.165) is 11.8 Å². The predicted molar refractivity (Wildman–Crippen MR) is 106 cm³/mol. The van der Waals surface area contributed by atoms with Crippen LogP contribution in [0.2, 0.25) is 0 Å². The number of carbonyl (C=O) groups excluding carboxylic acids is 2. The number of nitrogens with zero attached hydrogens (tertiary/aromatic N) is 2. The summed E-state index contributed by atoms with van der Waals surface area (Å²) >= 11 is 1.11. The average Bonchev–Trinajstić information content (AvgIpc) is 3.18. The number of aromatic nitrogens is 2. The van der Waals surface area contributed by atoms with Crippen LogP contribution >= 0.6 is 11.8 Å². The van der Waals surface area contributed by atoms with E-state index < -0.39 is 17.2 Å². The molecule has 1 atom stereocenters. The summed E-state index contributed by atoms with van der Waals surface area (Å²) in [5.41, 5.74) is 0.322. The van der Waals surface area contributed by atoms with Gasteiger partial charge >= 0.3 is 6.03 Å². The lowest BCUT2D eigenvalue weighted by Gasteiger charge is -2.15. The van der Waals surface area contributed by atoms with Gasteiger partial charge in [-0.2, -0.15) is 0 Å². The third-order valence-electron chi connectivity index (χ3n) is 3.95. The Hall–Kier alpha value is -3.07. The first kappa shape index (κ1) is 19.7. The average molecular weight is 400 g/mol. The Morgan fingerprint density at radius 3 is 2.75 bits per heavy atom. The summed E-state index contributed by atoms with van der Waals surface area (Å²) in [4.78, 5) is 41.4. The molecular formula is C19H20N4O4S. The molecule has 0 radical (unpaired) electrons. The Kier molecular flexibility index (Phi) is 6.15. The largest absolute Gasteiger partial charge is 0.467 e. The second kappa shape index (κ2) is 8.75. The molecule has 0 saturated carbocycles. The number of para-hydroxylation sites is 1. The third-order valence-corrected chi connectivity index (χ3v) is 5.04. The molecule has 146 valence electrons. The molecule has 0 aliphatic rings. The van der Waals surface area contributed by atoms with Crippen LogP contribution < -0.4 is 16.2 Å². The van der Waals surface area contributed by atoms with E-state index in [1.807, 2.05) is 0 Å². The molecule has 0 aliphatic carbocycles. The van der Waals surface area contributed by atoms with Gasteiger partial charge < -0.3 is 9.73 Å². The summed E-state index contributed by atoms with van der Waals surface area (Å²) in [6.45, 7) is 4.01. The number of hydrogen-bond acceptors (Lipinski definition) is 6. The number of benzene rings is 1. The zero-order chi connectivity index (χ0) is 20.1. The quantitative estimate of drug-likeness (QED) is 0.486. The van der Waals surface area contributed by atoms with Gasteiger partial charge in [0.05, 0.1) is 29.0 Å². The molecule has 1 unspecified atom stereocenters.